The van der Waals surface area contributed by atoms with Crippen LogP contribution in [0.2, 0.25) is 0 Å². The third-order valence-electron chi connectivity index (χ3n) is 4.45. The summed E-state index contributed by atoms with van der Waals surface area (Å²) in [5.74, 6) is 0.711. The van der Waals surface area contributed by atoms with E-state index in [-0.39, 0.29) is 5.56 Å². The molecule has 1 aromatic heterocycles. The molecule has 1 heterocycles. The van der Waals surface area contributed by atoms with Crippen molar-refractivity contribution in [2.24, 2.45) is 0 Å². The van der Waals surface area contributed by atoms with E-state index in [1.807, 2.05) is 24.3 Å². The van der Waals surface area contributed by atoms with Gasteiger partial charge in [-0.25, -0.2) is 4.98 Å². The maximum atomic E-state index is 13.2. The summed E-state index contributed by atoms with van der Waals surface area (Å²) in [4.78, 5) is 18.0. The molecule has 5 heteroatoms. The number of nitrogens with zero attached hydrogens (tertiary/aromatic N) is 3. The molecule has 28 heavy (non-hydrogen) atoms. The average Bonchev–Trinajstić information content (AvgIpc) is 2.73. The number of aryl methyl sites for hydroxylation is 1. The Morgan fingerprint density at radius 3 is 2.57 bits per heavy atom. The fourth-order valence-corrected chi connectivity index (χ4v) is 4.03. The van der Waals surface area contributed by atoms with Gasteiger partial charge < -0.3 is 0 Å². The van der Waals surface area contributed by atoms with Crippen LogP contribution in [0.25, 0.3) is 16.6 Å². The highest BCUT2D eigenvalue weighted by Crippen LogP contribution is 2.25. The first kappa shape index (κ1) is 18.0. The Labute approximate surface area is 167 Å². The lowest BCUT2D eigenvalue weighted by atomic mass is 10.2. The predicted octanol–water partition coefficient (Wildman–Crippen LogP) is 4.86. The van der Waals surface area contributed by atoms with Crippen molar-refractivity contribution in [3.8, 4) is 11.8 Å². The Bertz CT molecular complexity index is 1250. The number of aromatic nitrogens is 2. The molecule has 0 amide bonds. The first-order valence-corrected chi connectivity index (χ1v) is 9.85. The van der Waals surface area contributed by atoms with E-state index in [1.165, 1.54) is 22.9 Å². The molecular weight excluding hydrogens is 366 g/mol. The molecule has 0 aliphatic rings. The maximum Gasteiger partial charge on any atom is 0.266 e. The quantitative estimate of drug-likeness (QED) is 0.373. The van der Waals surface area contributed by atoms with E-state index in [1.54, 1.807) is 34.9 Å². The molecule has 3 aromatic carbocycles. The minimum Gasteiger partial charge on any atom is -0.268 e. The highest BCUT2D eigenvalue weighted by molar-refractivity contribution is 7.98. The van der Waals surface area contributed by atoms with Crippen molar-refractivity contribution in [3.05, 3.63) is 99.8 Å². The highest BCUT2D eigenvalue weighted by Gasteiger charge is 2.13. The van der Waals surface area contributed by atoms with E-state index in [2.05, 4.69) is 31.2 Å². The molecule has 0 aliphatic carbocycles. The van der Waals surface area contributed by atoms with E-state index in [0.29, 0.717) is 33.1 Å². The second kappa shape index (κ2) is 7.71. The summed E-state index contributed by atoms with van der Waals surface area (Å²) in [6, 6.07) is 24.8. The Balaban J connectivity index is 1.83. The molecular formula is C23H17N3OS. The molecule has 0 atom stereocenters. The highest BCUT2D eigenvalue weighted by atomic mass is 32.2. The molecule has 0 saturated heterocycles. The summed E-state index contributed by atoms with van der Waals surface area (Å²) in [7, 11) is 0. The zero-order valence-electron chi connectivity index (χ0n) is 15.3. The number of hydrogen-bond donors (Lipinski definition) is 0. The minimum atomic E-state index is -0.109. The van der Waals surface area contributed by atoms with E-state index in [9.17, 15) is 4.79 Å². The fraction of sp³-hybridized carbons (Fsp3) is 0.0870. The molecule has 136 valence electrons. The third kappa shape index (κ3) is 3.55. The second-order valence-electron chi connectivity index (χ2n) is 6.49. The van der Waals surface area contributed by atoms with Crippen molar-refractivity contribution < 1.29 is 0 Å². The summed E-state index contributed by atoms with van der Waals surface area (Å²) >= 11 is 1.53. The standard InChI is InChI=1S/C23H17N3OS/c1-16-5-4-6-18(13-16)15-28-23-25-21-8-3-2-7-20(21)22(27)26(23)19-11-9-17(14-24)10-12-19/h2-13H,15H2,1H3. The maximum absolute atomic E-state index is 13.2. The van der Waals surface area contributed by atoms with Gasteiger partial charge in [0.25, 0.3) is 5.56 Å². The topological polar surface area (TPSA) is 58.7 Å². The SMILES string of the molecule is Cc1cccc(CSc2nc3ccccc3c(=O)n2-c2ccc(C#N)cc2)c1. The van der Waals surface area contributed by atoms with Gasteiger partial charge in [-0.3, -0.25) is 9.36 Å². The number of para-hydroxylation sites is 1. The van der Waals surface area contributed by atoms with E-state index in [0.717, 1.165) is 0 Å². The van der Waals surface area contributed by atoms with Crippen LogP contribution in [0.5, 0.6) is 0 Å². The van der Waals surface area contributed by atoms with Crippen LogP contribution >= 0.6 is 11.8 Å². The van der Waals surface area contributed by atoms with Crippen molar-refractivity contribution in [1.29, 1.82) is 5.26 Å². The molecule has 0 unspecified atom stereocenters. The molecule has 0 aliphatic heterocycles. The lowest BCUT2D eigenvalue weighted by molar-refractivity contribution is 0.819. The number of fused-ring (bicyclic) bond motifs is 1. The summed E-state index contributed by atoms with van der Waals surface area (Å²) in [6.07, 6.45) is 0. The molecule has 4 nitrogen and oxygen atoms in total. The summed E-state index contributed by atoms with van der Waals surface area (Å²) in [5.41, 5.74) is 4.22. The van der Waals surface area contributed by atoms with E-state index < -0.39 is 0 Å². The largest absolute Gasteiger partial charge is 0.268 e. The lowest BCUT2D eigenvalue weighted by Crippen LogP contribution is -2.21. The number of rotatable bonds is 4. The number of benzene rings is 3. The van der Waals surface area contributed by atoms with Gasteiger partial charge in [0.1, 0.15) is 0 Å². The van der Waals surface area contributed by atoms with Gasteiger partial charge in [0.05, 0.1) is 28.2 Å². The van der Waals surface area contributed by atoms with Crippen molar-refractivity contribution in [2.75, 3.05) is 0 Å². The lowest BCUT2D eigenvalue weighted by Gasteiger charge is -2.13. The van der Waals surface area contributed by atoms with Crippen LogP contribution in [-0.4, -0.2) is 9.55 Å². The van der Waals surface area contributed by atoms with E-state index >= 15 is 0 Å². The molecule has 4 aromatic rings. The molecule has 0 N–H and O–H groups in total. The van der Waals surface area contributed by atoms with E-state index in [4.69, 9.17) is 10.2 Å². The molecule has 4 rings (SSSR count). The predicted molar refractivity (Wildman–Crippen MR) is 113 cm³/mol. The Kier molecular flexibility index (Phi) is 4.96. The number of thioether (sulfide) groups is 1. The van der Waals surface area contributed by atoms with Crippen molar-refractivity contribution in [1.82, 2.24) is 9.55 Å². The molecule has 0 spiro atoms. The Morgan fingerprint density at radius 2 is 1.82 bits per heavy atom. The summed E-state index contributed by atoms with van der Waals surface area (Å²) in [5, 5.41) is 10.3. The van der Waals surface area contributed by atoms with Gasteiger partial charge in [-0.2, -0.15) is 5.26 Å². The zero-order chi connectivity index (χ0) is 19.5. The van der Waals surface area contributed by atoms with Crippen LogP contribution < -0.4 is 5.56 Å². The first-order valence-electron chi connectivity index (χ1n) is 8.86. The van der Waals surface area contributed by atoms with Crippen molar-refractivity contribution in [3.63, 3.8) is 0 Å². The van der Waals surface area contributed by atoms with Gasteiger partial charge in [-0.05, 0) is 48.9 Å². The van der Waals surface area contributed by atoms with Crippen LogP contribution in [0.3, 0.4) is 0 Å². The summed E-state index contributed by atoms with van der Waals surface area (Å²) in [6.45, 7) is 2.06. The Hall–Kier alpha value is -3.36. The van der Waals surface area contributed by atoms with Crippen LogP contribution in [0.1, 0.15) is 16.7 Å². The van der Waals surface area contributed by atoms with Gasteiger partial charge in [-0.15, -0.1) is 0 Å². The fourth-order valence-electron chi connectivity index (χ4n) is 3.07. The zero-order valence-corrected chi connectivity index (χ0v) is 16.1. The first-order chi connectivity index (χ1) is 13.7. The van der Waals surface area contributed by atoms with Gasteiger partial charge in [0.15, 0.2) is 5.16 Å². The molecule has 0 radical (unpaired) electrons. The average molecular weight is 383 g/mol. The van der Waals surface area contributed by atoms with Crippen LogP contribution in [0.15, 0.2) is 82.7 Å². The number of hydrogen-bond acceptors (Lipinski definition) is 4. The van der Waals surface area contributed by atoms with Crippen LogP contribution in [0.4, 0.5) is 0 Å². The van der Waals surface area contributed by atoms with Gasteiger partial charge in [0.2, 0.25) is 0 Å². The minimum absolute atomic E-state index is 0.109. The van der Waals surface area contributed by atoms with Gasteiger partial charge >= 0.3 is 0 Å². The van der Waals surface area contributed by atoms with Crippen molar-refractivity contribution >= 4 is 22.7 Å². The van der Waals surface area contributed by atoms with Crippen LogP contribution in [0, 0.1) is 18.3 Å². The molecule has 0 bridgehead atoms. The van der Waals surface area contributed by atoms with Crippen molar-refractivity contribution in [2.45, 2.75) is 17.8 Å². The number of nitriles is 1. The van der Waals surface area contributed by atoms with Gasteiger partial charge in [0, 0.05) is 5.75 Å². The smallest absolute Gasteiger partial charge is 0.266 e. The normalized spacial score (nSPS) is 10.7. The second-order valence-corrected chi connectivity index (χ2v) is 7.43. The van der Waals surface area contributed by atoms with Gasteiger partial charge in [-0.1, -0.05) is 53.7 Å². The Morgan fingerprint density at radius 1 is 1.04 bits per heavy atom. The molecule has 0 saturated carbocycles. The summed E-state index contributed by atoms with van der Waals surface area (Å²) < 4.78 is 1.63. The monoisotopic (exact) mass is 383 g/mol. The third-order valence-corrected chi connectivity index (χ3v) is 5.46. The molecule has 0 fully saturated rings. The van der Waals surface area contributed by atoms with Crippen LogP contribution in [-0.2, 0) is 5.75 Å².